The zero-order chi connectivity index (χ0) is 8.97. The lowest BCUT2D eigenvalue weighted by molar-refractivity contribution is -0.143. The van der Waals surface area contributed by atoms with Crippen molar-refractivity contribution in [2.24, 2.45) is 0 Å². The molecule has 1 aliphatic rings. The zero-order valence-electron chi connectivity index (χ0n) is 6.83. The molecule has 1 N–H and O–H groups in total. The smallest absolute Gasteiger partial charge is 0.308 e. The minimum absolute atomic E-state index is 0.00528. The Labute approximate surface area is 75.0 Å². The van der Waals surface area contributed by atoms with Gasteiger partial charge < -0.3 is 10.1 Å². The number of thioether (sulfide) groups is 1. The van der Waals surface area contributed by atoms with Crippen LogP contribution < -0.4 is 5.32 Å². The van der Waals surface area contributed by atoms with Gasteiger partial charge in [-0.2, -0.15) is 0 Å². The summed E-state index contributed by atoms with van der Waals surface area (Å²) in [7, 11) is 0. The summed E-state index contributed by atoms with van der Waals surface area (Å²) in [6.45, 7) is 2.16. The number of esters is 1. The van der Waals surface area contributed by atoms with Crippen molar-refractivity contribution in [1.82, 2.24) is 5.32 Å². The highest BCUT2D eigenvalue weighted by molar-refractivity contribution is 8.01. The van der Waals surface area contributed by atoms with Gasteiger partial charge in [-0.1, -0.05) is 0 Å². The lowest BCUT2D eigenvalue weighted by Crippen LogP contribution is -2.27. The van der Waals surface area contributed by atoms with Gasteiger partial charge in [-0.25, -0.2) is 0 Å². The Hall–Kier alpha value is -0.710. The molecule has 68 valence electrons. The fourth-order valence-corrected chi connectivity index (χ4v) is 1.83. The second-order valence-corrected chi connectivity index (χ2v) is 3.57. The molecule has 0 saturated carbocycles. The van der Waals surface area contributed by atoms with Crippen molar-refractivity contribution in [3.05, 3.63) is 0 Å². The lowest BCUT2D eigenvalue weighted by Gasteiger charge is -2.07. The summed E-state index contributed by atoms with van der Waals surface area (Å²) in [5, 5.41) is 2.58. The van der Waals surface area contributed by atoms with Crippen LogP contribution in [0.25, 0.3) is 0 Å². The molecule has 0 spiro atoms. The van der Waals surface area contributed by atoms with Crippen LogP contribution in [0.1, 0.15) is 13.3 Å². The van der Waals surface area contributed by atoms with Gasteiger partial charge >= 0.3 is 5.97 Å². The van der Waals surface area contributed by atoms with Crippen molar-refractivity contribution < 1.29 is 14.3 Å². The number of ether oxygens (including phenoxy) is 1. The number of amides is 1. The molecule has 0 aromatic carbocycles. The summed E-state index contributed by atoms with van der Waals surface area (Å²) in [6, 6.07) is 0. The Balaban J connectivity index is 2.23. The summed E-state index contributed by atoms with van der Waals surface area (Å²) < 4.78 is 4.74. The number of hydrogen-bond donors (Lipinski definition) is 1. The first-order valence-electron chi connectivity index (χ1n) is 3.79. The molecule has 0 aromatic heterocycles. The second-order valence-electron chi connectivity index (χ2n) is 2.38. The van der Waals surface area contributed by atoms with Crippen LogP contribution in [0.15, 0.2) is 0 Å². The number of carbonyl (C=O) groups excluding carboxylic acids is 2. The van der Waals surface area contributed by atoms with Crippen LogP contribution in [-0.2, 0) is 14.3 Å². The fourth-order valence-electron chi connectivity index (χ4n) is 0.920. The van der Waals surface area contributed by atoms with Crippen molar-refractivity contribution >= 4 is 23.6 Å². The molecule has 0 aromatic rings. The van der Waals surface area contributed by atoms with E-state index in [-0.39, 0.29) is 23.7 Å². The third-order valence-electron chi connectivity index (χ3n) is 1.39. The van der Waals surface area contributed by atoms with E-state index in [9.17, 15) is 9.59 Å². The molecule has 5 heteroatoms. The molecular formula is C7H11NO3S. The molecule has 0 bridgehead atoms. The normalized spacial score (nSPS) is 22.1. The quantitative estimate of drug-likeness (QED) is 0.641. The largest absolute Gasteiger partial charge is 0.466 e. The maximum absolute atomic E-state index is 10.9. The summed E-state index contributed by atoms with van der Waals surface area (Å²) in [5.41, 5.74) is 0. The van der Waals surface area contributed by atoms with Crippen LogP contribution in [0.2, 0.25) is 0 Å². The number of hydrogen-bond acceptors (Lipinski definition) is 4. The Kier molecular flexibility index (Phi) is 3.40. The van der Waals surface area contributed by atoms with Crippen LogP contribution >= 0.6 is 11.8 Å². The predicted molar refractivity (Wildman–Crippen MR) is 45.6 cm³/mol. The molecule has 1 heterocycles. The molecule has 0 aliphatic carbocycles. The first kappa shape index (κ1) is 9.38. The van der Waals surface area contributed by atoms with Crippen LogP contribution in [0, 0.1) is 0 Å². The Morgan fingerprint density at radius 2 is 2.58 bits per heavy atom. The van der Waals surface area contributed by atoms with Gasteiger partial charge in [0.25, 0.3) is 0 Å². The minimum atomic E-state index is -0.253. The van der Waals surface area contributed by atoms with Gasteiger partial charge in [0.15, 0.2) is 0 Å². The molecule has 1 saturated heterocycles. The first-order chi connectivity index (χ1) is 5.72. The van der Waals surface area contributed by atoms with Crippen molar-refractivity contribution in [2.75, 3.05) is 12.4 Å². The number of nitrogens with one attached hydrogen (secondary N) is 1. The summed E-state index contributed by atoms with van der Waals surface area (Å²) >= 11 is 1.44. The van der Waals surface area contributed by atoms with Gasteiger partial charge in [-0.15, -0.1) is 11.8 Å². The standard InChI is InChI=1S/C7H11NO3S/c1-2-11-7(10)3-6-8-5(9)4-12-6/h6H,2-4H2,1H3,(H,8,9)/t6-/m1/s1. The maximum atomic E-state index is 10.9. The van der Waals surface area contributed by atoms with Crippen LogP contribution in [0.5, 0.6) is 0 Å². The molecule has 0 unspecified atom stereocenters. The van der Waals surface area contributed by atoms with E-state index in [1.807, 2.05) is 0 Å². The van der Waals surface area contributed by atoms with Gasteiger partial charge in [0.2, 0.25) is 5.91 Å². The average Bonchev–Trinajstić information content (AvgIpc) is 2.36. The van der Waals surface area contributed by atoms with Gasteiger partial charge in [0.05, 0.1) is 24.2 Å². The van der Waals surface area contributed by atoms with Gasteiger partial charge in [0, 0.05) is 0 Å². The van der Waals surface area contributed by atoms with Crippen molar-refractivity contribution in [3.8, 4) is 0 Å². The maximum Gasteiger partial charge on any atom is 0.308 e. The van der Waals surface area contributed by atoms with Gasteiger partial charge in [-0.05, 0) is 6.92 Å². The molecule has 0 radical (unpaired) electrons. The molecule has 1 atom stereocenters. The third-order valence-corrected chi connectivity index (χ3v) is 2.51. The molecule has 1 rings (SSSR count). The third kappa shape index (κ3) is 2.73. The fraction of sp³-hybridized carbons (Fsp3) is 0.714. The Morgan fingerprint density at radius 3 is 3.08 bits per heavy atom. The number of carbonyl (C=O) groups is 2. The molecule has 12 heavy (non-hydrogen) atoms. The van der Waals surface area contributed by atoms with E-state index in [0.29, 0.717) is 12.4 Å². The monoisotopic (exact) mass is 189 g/mol. The molecular weight excluding hydrogens is 178 g/mol. The molecule has 4 nitrogen and oxygen atoms in total. The predicted octanol–water partition coefficient (Wildman–Crippen LogP) is 0.129. The van der Waals surface area contributed by atoms with Crippen LogP contribution in [0.4, 0.5) is 0 Å². The highest BCUT2D eigenvalue weighted by atomic mass is 32.2. The van der Waals surface area contributed by atoms with Crippen molar-refractivity contribution in [3.63, 3.8) is 0 Å². The number of rotatable bonds is 3. The SMILES string of the molecule is CCOC(=O)C[C@@H]1NC(=O)CS1. The van der Waals surface area contributed by atoms with Crippen molar-refractivity contribution in [2.45, 2.75) is 18.7 Å². The second kappa shape index (κ2) is 4.35. The van der Waals surface area contributed by atoms with Gasteiger partial charge in [0.1, 0.15) is 0 Å². The summed E-state index contributed by atoms with van der Waals surface area (Å²) in [6.07, 6.45) is 0.268. The summed E-state index contributed by atoms with van der Waals surface area (Å²) in [5.74, 6) is 0.191. The van der Waals surface area contributed by atoms with E-state index in [1.54, 1.807) is 6.92 Å². The van der Waals surface area contributed by atoms with E-state index in [4.69, 9.17) is 4.74 Å². The molecule has 1 aliphatic heterocycles. The van der Waals surface area contributed by atoms with E-state index in [2.05, 4.69) is 5.32 Å². The van der Waals surface area contributed by atoms with E-state index < -0.39 is 0 Å². The van der Waals surface area contributed by atoms with E-state index in [1.165, 1.54) is 11.8 Å². The average molecular weight is 189 g/mol. The van der Waals surface area contributed by atoms with Crippen LogP contribution in [-0.4, -0.2) is 29.6 Å². The van der Waals surface area contributed by atoms with Crippen molar-refractivity contribution in [1.29, 1.82) is 0 Å². The summed E-state index contributed by atoms with van der Waals surface area (Å²) in [4.78, 5) is 21.6. The zero-order valence-corrected chi connectivity index (χ0v) is 7.65. The highest BCUT2D eigenvalue weighted by Crippen LogP contribution is 2.17. The van der Waals surface area contributed by atoms with Gasteiger partial charge in [-0.3, -0.25) is 9.59 Å². The van der Waals surface area contributed by atoms with E-state index in [0.717, 1.165) is 0 Å². The Morgan fingerprint density at radius 1 is 1.83 bits per heavy atom. The first-order valence-corrected chi connectivity index (χ1v) is 4.84. The minimum Gasteiger partial charge on any atom is -0.466 e. The molecule has 1 amide bonds. The van der Waals surface area contributed by atoms with E-state index >= 15 is 0 Å². The van der Waals surface area contributed by atoms with Crippen LogP contribution in [0.3, 0.4) is 0 Å². The highest BCUT2D eigenvalue weighted by Gasteiger charge is 2.23. The molecule has 1 fully saturated rings. The Bertz CT molecular complexity index is 195. The lowest BCUT2D eigenvalue weighted by atomic mass is 10.4. The topological polar surface area (TPSA) is 55.4 Å².